The Hall–Kier alpha value is -4.60. The number of aromatic nitrogens is 4. The van der Waals surface area contributed by atoms with Gasteiger partial charge in [0.1, 0.15) is 11.6 Å². The Labute approximate surface area is 226 Å². The van der Waals surface area contributed by atoms with Crippen LogP contribution in [0.15, 0.2) is 61.1 Å². The lowest BCUT2D eigenvalue weighted by molar-refractivity contribution is 0.0723. The molecule has 1 aliphatic rings. The number of nitrogen functional groups attached to an aromatic ring is 1. The molecule has 0 aliphatic carbocycles. The molecular weight excluding hydrogens is 494 g/mol. The number of piperidine rings is 1. The molecule has 4 heterocycles. The van der Waals surface area contributed by atoms with E-state index in [1.165, 1.54) is 7.11 Å². The molecule has 1 aromatic carbocycles. The smallest absolute Gasteiger partial charge is 0.409 e. The Morgan fingerprint density at radius 2 is 1.82 bits per heavy atom. The molecule has 1 aliphatic heterocycles. The van der Waals surface area contributed by atoms with Gasteiger partial charge in [-0.05, 0) is 73.2 Å². The van der Waals surface area contributed by atoms with Crippen molar-refractivity contribution in [3.05, 3.63) is 89.3 Å². The van der Waals surface area contributed by atoms with Gasteiger partial charge in [-0.3, -0.25) is 9.78 Å². The number of hydrogen-bond acceptors (Lipinski definition) is 8. The van der Waals surface area contributed by atoms with Crippen LogP contribution in [0.4, 0.5) is 10.6 Å². The van der Waals surface area contributed by atoms with E-state index in [1.54, 1.807) is 34.3 Å². The fourth-order valence-corrected chi connectivity index (χ4v) is 4.89. The second-order valence-electron chi connectivity index (χ2n) is 9.74. The first-order chi connectivity index (χ1) is 18.9. The molecule has 1 saturated heterocycles. The van der Waals surface area contributed by atoms with Crippen LogP contribution in [-0.2, 0) is 17.8 Å². The second-order valence-corrected chi connectivity index (χ2v) is 9.74. The molecule has 3 aromatic heterocycles. The average molecular weight is 526 g/mol. The van der Waals surface area contributed by atoms with Gasteiger partial charge in [0.15, 0.2) is 0 Å². The van der Waals surface area contributed by atoms with Gasteiger partial charge < -0.3 is 20.3 Å². The molecule has 0 spiro atoms. The number of methoxy groups -OCH3 is 1. The van der Waals surface area contributed by atoms with Gasteiger partial charge in [0.05, 0.1) is 31.4 Å². The van der Waals surface area contributed by atoms with Crippen LogP contribution in [-0.4, -0.2) is 61.9 Å². The van der Waals surface area contributed by atoms with E-state index < -0.39 is 0 Å². The minimum atomic E-state index is -0.281. The van der Waals surface area contributed by atoms with Crippen molar-refractivity contribution < 1.29 is 14.3 Å². The van der Waals surface area contributed by atoms with E-state index in [9.17, 15) is 9.59 Å². The van der Waals surface area contributed by atoms with Gasteiger partial charge in [-0.2, -0.15) is 0 Å². The minimum Gasteiger partial charge on any atom is -0.453 e. The lowest BCUT2D eigenvalue weighted by Gasteiger charge is -2.31. The van der Waals surface area contributed by atoms with Crippen molar-refractivity contribution in [2.24, 2.45) is 0 Å². The van der Waals surface area contributed by atoms with Crippen LogP contribution in [0.1, 0.15) is 51.8 Å². The molecule has 0 radical (unpaired) electrons. The number of carbonyl (C=O) groups excluding carboxylic acids is 2. The monoisotopic (exact) mass is 525 g/mol. The Balaban J connectivity index is 1.34. The number of ether oxygens (including phenoxy) is 1. The SMILES string of the molecule is COC(=O)N1CCC(c2ccc(CN(Cc3ncccn3)C(=O)c3ccc4nc(N)c(C)cc4c3)nc2)CC1. The van der Waals surface area contributed by atoms with Crippen molar-refractivity contribution in [1.82, 2.24) is 29.7 Å². The summed E-state index contributed by atoms with van der Waals surface area (Å²) in [5.74, 6) is 1.20. The molecule has 2 N–H and O–H groups in total. The number of rotatable bonds is 6. The maximum atomic E-state index is 13.7. The van der Waals surface area contributed by atoms with Crippen LogP contribution < -0.4 is 5.73 Å². The Morgan fingerprint density at radius 3 is 2.51 bits per heavy atom. The fraction of sp³-hybridized carbons (Fsp3) is 0.310. The molecule has 0 unspecified atom stereocenters. The highest BCUT2D eigenvalue weighted by atomic mass is 16.5. The van der Waals surface area contributed by atoms with E-state index in [0.717, 1.165) is 40.6 Å². The normalized spacial score (nSPS) is 13.8. The third-order valence-corrected chi connectivity index (χ3v) is 7.13. The highest BCUT2D eigenvalue weighted by molar-refractivity contribution is 5.98. The molecule has 5 rings (SSSR count). The van der Waals surface area contributed by atoms with Gasteiger partial charge in [0.2, 0.25) is 0 Å². The number of hydrogen-bond donors (Lipinski definition) is 1. The topological polar surface area (TPSA) is 127 Å². The highest BCUT2D eigenvalue weighted by Crippen LogP contribution is 2.28. The van der Waals surface area contributed by atoms with Crippen molar-refractivity contribution in [2.45, 2.75) is 38.8 Å². The number of anilines is 1. The van der Waals surface area contributed by atoms with Gasteiger partial charge in [-0.1, -0.05) is 6.07 Å². The maximum absolute atomic E-state index is 13.7. The minimum absolute atomic E-state index is 0.153. The molecule has 200 valence electrons. The third kappa shape index (κ3) is 5.95. The van der Waals surface area contributed by atoms with Gasteiger partial charge in [-0.15, -0.1) is 0 Å². The zero-order valence-corrected chi connectivity index (χ0v) is 22.1. The molecular formula is C29H31N7O3. The predicted molar refractivity (Wildman–Crippen MR) is 147 cm³/mol. The van der Waals surface area contributed by atoms with Crippen LogP contribution >= 0.6 is 0 Å². The first-order valence-electron chi connectivity index (χ1n) is 12.9. The largest absolute Gasteiger partial charge is 0.453 e. The van der Waals surface area contributed by atoms with Gasteiger partial charge in [-0.25, -0.2) is 19.7 Å². The quantitative estimate of drug-likeness (QED) is 0.399. The fourth-order valence-electron chi connectivity index (χ4n) is 4.89. The molecule has 0 bridgehead atoms. The van der Waals surface area contributed by atoms with E-state index in [0.29, 0.717) is 42.8 Å². The van der Waals surface area contributed by atoms with Crippen molar-refractivity contribution in [3.8, 4) is 0 Å². The maximum Gasteiger partial charge on any atom is 0.409 e. The highest BCUT2D eigenvalue weighted by Gasteiger charge is 2.25. The van der Waals surface area contributed by atoms with Crippen molar-refractivity contribution in [3.63, 3.8) is 0 Å². The van der Waals surface area contributed by atoms with Crippen molar-refractivity contribution in [2.75, 3.05) is 25.9 Å². The number of likely N-dealkylation sites (tertiary alicyclic amines) is 1. The summed E-state index contributed by atoms with van der Waals surface area (Å²) in [6.45, 7) is 3.76. The summed E-state index contributed by atoms with van der Waals surface area (Å²) in [4.78, 5) is 46.7. The number of benzene rings is 1. The molecule has 10 nitrogen and oxygen atoms in total. The van der Waals surface area contributed by atoms with E-state index in [4.69, 9.17) is 10.5 Å². The summed E-state index contributed by atoms with van der Waals surface area (Å²) in [5.41, 5.74) is 9.99. The van der Waals surface area contributed by atoms with E-state index in [-0.39, 0.29) is 18.5 Å². The van der Waals surface area contributed by atoms with E-state index >= 15 is 0 Å². The summed E-state index contributed by atoms with van der Waals surface area (Å²) in [5, 5.41) is 0.851. The Bertz CT molecular complexity index is 1470. The molecule has 2 amide bonds. The lowest BCUT2D eigenvalue weighted by Crippen LogP contribution is -2.37. The van der Waals surface area contributed by atoms with Gasteiger partial charge >= 0.3 is 6.09 Å². The summed E-state index contributed by atoms with van der Waals surface area (Å²) in [6, 6.07) is 13.1. The van der Waals surface area contributed by atoms with Crippen molar-refractivity contribution >= 4 is 28.7 Å². The molecule has 0 saturated carbocycles. The number of fused-ring (bicyclic) bond motifs is 1. The first kappa shape index (κ1) is 26.0. The number of carbonyl (C=O) groups is 2. The average Bonchev–Trinajstić information content (AvgIpc) is 2.97. The standard InChI is InChI=1S/C29H31N7O3/c1-19-14-23-15-21(5-7-25(23)34-27(19)30)28(37)36(18-26-31-10-3-11-32-26)17-24-6-4-22(16-33-24)20-8-12-35(13-9-20)29(38)39-2/h3-7,10-11,14-16,20H,8-9,12-13,17-18H2,1-2H3,(H2,30,34). The van der Waals surface area contributed by atoms with Crippen LogP contribution in [0.2, 0.25) is 0 Å². The van der Waals surface area contributed by atoms with Crippen LogP contribution in [0.25, 0.3) is 10.9 Å². The van der Waals surface area contributed by atoms with E-state index in [2.05, 4.69) is 26.0 Å². The molecule has 0 atom stereocenters. The van der Waals surface area contributed by atoms with Crippen molar-refractivity contribution in [1.29, 1.82) is 0 Å². The van der Waals surface area contributed by atoms with Crippen LogP contribution in [0, 0.1) is 6.92 Å². The Morgan fingerprint density at radius 1 is 1.05 bits per heavy atom. The Kier molecular flexibility index (Phi) is 7.62. The molecule has 4 aromatic rings. The van der Waals surface area contributed by atoms with E-state index in [1.807, 2.05) is 37.4 Å². The van der Waals surface area contributed by atoms with Gasteiger partial charge in [0, 0.05) is 42.6 Å². The predicted octanol–water partition coefficient (Wildman–Crippen LogP) is 4.10. The summed E-state index contributed by atoms with van der Waals surface area (Å²) in [7, 11) is 1.41. The number of nitrogens with zero attached hydrogens (tertiary/aromatic N) is 6. The molecule has 1 fully saturated rings. The molecule has 10 heteroatoms. The molecule has 39 heavy (non-hydrogen) atoms. The number of pyridine rings is 2. The number of amides is 2. The summed E-state index contributed by atoms with van der Waals surface area (Å²) in [6.07, 6.45) is 6.64. The number of aryl methyl sites for hydroxylation is 1. The number of nitrogens with two attached hydrogens (primary N) is 1. The second kappa shape index (κ2) is 11.4. The lowest BCUT2D eigenvalue weighted by atomic mass is 9.90. The third-order valence-electron chi connectivity index (χ3n) is 7.13. The summed E-state index contributed by atoms with van der Waals surface area (Å²) >= 11 is 0. The summed E-state index contributed by atoms with van der Waals surface area (Å²) < 4.78 is 4.83. The first-order valence-corrected chi connectivity index (χ1v) is 12.9. The van der Waals surface area contributed by atoms with Crippen LogP contribution in [0.3, 0.4) is 0 Å². The zero-order valence-electron chi connectivity index (χ0n) is 22.1. The van der Waals surface area contributed by atoms with Gasteiger partial charge in [0.25, 0.3) is 5.91 Å². The van der Waals surface area contributed by atoms with Crippen LogP contribution in [0.5, 0.6) is 0 Å². The zero-order chi connectivity index (χ0) is 27.4.